The molecule has 1 amide bonds. The van der Waals surface area contributed by atoms with Crippen LogP contribution in [-0.4, -0.2) is 10.9 Å². The molecule has 22 heavy (non-hydrogen) atoms. The number of aromatic nitrogens is 1. The van der Waals surface area contributed by atoms with Gasteiger partial charge in [0.1, 0.15) is 0 Å². The van der Waals surface area contributed by atoms with Crippen LogP contribution < -0.4 is 5.32 Å². The summed E-state index contributed by atoms with van der Waals surface area (Å²) in [7, 11) is 0. The molecular weight excluding hydrogens is 387 g/mol. The molecule has 110 valence electrons. The van der Waals surface area contributed by atoms with E-state index >= 15 is 0 Å². The highest BCUT2D eigenvalue weighted by Crippen LogP contribution is 2.19. The number of hydrogen-bond donors (Lipinski definition) is 1. The van der Waals surface area contributed by atoms with Crippen molar-refractivity contribution in [1.29, 1.82) is 0 Å². The molecule has 0 saturated carbocycles. The molecule has 1 heterocycles. The minimum Gasteiger partial charge on any atom is -0.322 e. The first-order valence-electron chi connectivity index (χ1n) is 6.99. The smallest absolute Gasteiger partial charge is 0.255 e. The summed E-state index contributed by atoms with van der Waals surface area (Å²) in [4.78, 5) is 16.8. The summed E-state index contributed by atoms with van der Waals surface area (Å²) in [6.45, 7) is 1.97. The van der Waals surface area contributed by atoms with E-state index in [1.807, 2.05) is 61.5 Å². The Morgan fingerprint density at radius 3 is 2.82 bits per heavy atom. The highest BCUT2D eigenvalue weighted by atomic mass is 127. The Hall–Kier alpha value is -1.95. The number of aryl methyl sites for hydroxylation is 1. The Bertz CT molecular complexity index is 845. The highest BCUT2D eigenvalue weighted by molar-refractivity contribution is 14.1. The third-order valence-corrected chi connectivity index (χ3v) is 4.31. The predicted molar refractivity (Wildman–Crippen MR) is 98.6 cm³/mol. The second kappa shape index (κ2) is 6.44. The fraction of sp³-hybridized carbons (Fsp3) is 0.111. The molecule has 4 heteroatoms. The maximum atomic E-state index is 12.3. The van der Waals surface area contributed by atoms with Crippen LogP contribution in [0.3, 0.4) is 0 Å². The second-order valence-corrected chi connectivity index (χ2v) is 5.91. The first-order valence-corrected chi connectivity index (χ1v) is 8.52. The van der Waals surface area contributed by atoms with Gasteiger partial charge in [0, 0.05) is 26.8 Å². The van der Waals surface area contributed by atoms with Crippen LogP contribution in [0.4, 0.5) is 5.69 Å². The van der Waals surface area contributed by atoms with Gasteiger partial charge in [0.15, 0.2) is 0 Å². The van der Waals surface area contributed by atoms with Gasteiger partial charge in [0.2, 0.25) is 0 Å². The van der Waals surface area contributed by atoms with Crippen molar-refractivity contribution in [3.63, 3.8) is 0 Å². The largest absolute Gasteiger partial charge is 0.322 e. The van der Waals surface area contributed by atoms with E-state index in [0.717, 1.165) is 32.3 Å². The molecule has 0 atom stereocenters. The number of rotatable bonds is 3. The lowest BCUT2D eigenvalue weighted by Gasteiger charge is -2.07. The molecule has 0 aliphatic carbocycles. The van der Waals surface area contributed by atoms with Crippen LogP contribution in [0.5, 0.6) is 0 Å². The van der Waals surface area contributed by atoms with Gasteiger partial charge in [-0.1, -0.05) is 40.8 Å². The zero-order chi connectivity index (χ0) is 15.5. The fourth-order valence-electron chi connectivity index (χ4n) is 2.30. The van der Waals surface area contributed by atoms with Crippen LogP contribution in [0.25, 0.3) is 10.9 Å². The number of carbonyl (C=O) groups is 1. The summed E-state index contributed by atoms with van der Waals surface area (Å²) in [5.74, 6) is -0.0916. The Morgan fingerprint density at radius 2 is 2.00 bits per heavy atom. The number of pyridine rings is 1. The molecule has 0 spiro atoms. The topological polar surface area (TPSA) is 42.0 Å². The van der Waals surface area contributed by atoms with Gasteiger partial charge in [-0.05, 0) is 48.9 Å². The Labute approximate surface area is 142 Å². The van der Waals surface area contributed by atoms with Gasteiger partial charge < -0.3 is 5.32 Å². The van der Waals surface area contributed by atoms with Gasteiger partial charge in [-0.25, -0.2) is 0 Å². The number of nitrogens with one attached hydrogen (secondary N) is 1. The van der Waals surface area contributed by atoms with E-state index in [1.54, 1.807) is 0 Å². The molecule has 1 aromatic heterocycles. The van der Waals surface area contributed by atoms with Crippen molar-refractivity contribution in [3.8, 4) is 0 Å². The number of anilines is 1. The van der Waals surface area contributed by atoms with E-state index in [0.29, 0.717) is 5.56 Å². The summed E-state index contributed by atoms with van der Waals surface area (Å²) in [6.07, 6.45) is 0. The molecule has 3 rings (SSSR count). The van der Waals surface area contributed by atoms with Crippen molar-refractivity contribution in [2.24, 2.45) is 0 Å². The van der Waals surface area contributed by atoms with Gasteiger partial charge in [-0.15, -0.1) is 0 Å². The lowest BCUT2D eigenvalue weighted by molar-refractivity contribution is 0.102. The summed E-state index contributed by atoms with van der Waals surface area (Å²) in [5.41, 5.74) is 4.52. The highest BCUT2D eigenvalue weighted by Gasteiger charge is 2.07. The van der Waals surface area contributed by atoms with Gasteiger partial charge in [0.05, 0.1) is 5.52 Å². The van der Waals surface area contributed by atoms with E-state index in [9.17, 15) is 4.79 Å². The molecule has 3 aromatic rings. The summed E-state index contributed by atoms with van der Waals surface area (Å²) in [5, 5.41) is 3.97. The van der Waals surface area contributed by atoms with E-state index in [1.165, 1.54) is 0 Å². The number of fused-ring (bicyclic) bond motifs is 1. The normalized spacial score (nSPS) is 10.6. The lowest BCUT2D eigenvalue weighted by atomic mass is 10.1. The standard InChI is InChI=1S/C18H15IN2O/c1-12-5-6-14-10-16(7-8-17(14)20-12)21-18(22)15-4-2-3-13(9-15)11-19/h2-10H,11H2,1H3,(H,21,22). The van der Waals surface area contributed by atoms with E-state index in [2.05, 4.69) is 32.9 Å². The maximum Gasteiger partial charge on any atom is 0.255 e. The molecule has 3 nitrogen and oxygen atoms in total. The van der Waals surface area contributed by atoms with Crippen LogP contribution in [0.1, 0.15) is 21.6 Å². The summed E-state index contributed by atoms with van der Waals surface area (Å²) < 4.78 is 0.889. The molecule has 0 fully saturated rings. The molecule has 1 N–H and O–H groups in total. The van der Waals surface area contributed by atoms with Crippen molar-refractivity contribution in [2.75, 3.05) is 5.32 Å². The quantitative estimate of drug-likeness (QED) is 0.509. The van der Waals surface area contributed by atoms with Crippen molar-refractivity contribution in [2.45, 2.75) is 11.4 Å². The minimum atomic E-state index is -0.0916. The average Bonchev–Trinajstić information content (AvgIpc) is 2.55. The van der Waals surface area contributed by atoms with Crippen LogP contribution >= 0.6 is 22.6 Å². The fourth-order valence-corrected chi connectivity index (χ4v) is 2.78. The molecular formula is C18H15IN2O. The molecule has 0 unspecified atom stereocenters. The first kappa shape index (κ1) is 15.0. The second-order valence-electron chi connectivity index (χ2n) is 5.15. The van der Waals surface area contributed by atoms with Gasteiger partial charge in [-0.3, -0.25) is 9.78 Å². The molecule has 0 aliphatic rings. The van der Waals surface area contributed by atoms with Gasteiger partial charge in [0.25, 0.3) is 5.91 Å². The van der Waals surface area contributed by atoms with Crippen LogP contribution in [0.2, 0.25) is 0 Å². The lowest BCUT2D eigenvalue weighted by Crippen LogP contribution is -2.12. The predicted octanol–water partition coefficient (Wildman–Crippen LogP) is 4.73. The molecule has 2 aromatic carbocycles. The number of alkyl halides is 1. The van der Waals surface area contributed by atoms with Crippen molar-refractivity contribution in [3.05, 3.63) is 71.4 Å². The molecule has 0 saturated heterocycles. The van der Waals surface area contributed by atoms with Crippen LogP contribution in [-0.2, 0) is 4.43 Å². The molecule has 0 aliphatic heterocycles. The van der Waals surface area contributed by atoms with E-state index in [4.69, 9.17) is 0 Å². The van der Waals surface area contributed by atoms with Crippen molar-refractivity contribution in [1.82, 2.24) is 4.98 Å². The van der Waals surface area contributed by atoms with E-state index < -0.39 is 0 Å². The van der Waals surface area contributed by atoms with E-state index in [-0.39, 0.29) is 5.91 Å². The minimum absolute atomic E-state index is 0.0916. The SMILES string of the molecule is Cc1ccc2cc(NC(=O)c3cccc(CI)c3)ccc2n1. The van der Waals surface area contributed by atoms with Crippen molar-refractivity contribution < 1.29 is 4.79 Å². The summed E-state index contributed by atoms with van der Waals surface area (Å²) >= 11 is 2.29. The number of hydrogen-bond acceptors (Lipinski definition) is 2. The number of benzene rings is 2. The van der Waals surface area contributed by atoms with Crippen LogP contribution in [0, 0.1) is 6.92 Å². The number of nitrogens with zero attached hydrogens (tertiary/aromatic N) is 1. The van der Waals surface area contributed by atoms with Gasteiger partial charge in [-0.2, -0.15) is 0 Å². The number of amides is 1. The maximum absolute atomic E-state index is 12.3. The zero-order valence-corrected chi connectivity index (χ0v) is 14.3. The zero-order valence-electron chi connectivity index (χ0n) is 12.1. The first-order chi connectivity index (χ1) is 10.7. The van der Waals surface area contributed by atoms with Crippen molar-refractivity contribution >= 4 is 45.1 Å². The molecule has 0 bridgehead atoms. The Morgan fingerprint density at radius 1 is 1.14 bits per heavy atom. The summed E-state index contributed by atoms with van der Waals surface area (Å²) in [6, 6.07) is 17.4. The van der Waals surface area contributed by atoms with Gasteiger partial charge >= 0.3 is 0 Å². The average molecular weight is 402 g/mol. The third-order valence-electron chi connectivity index (χ3n) is 3.43. The monoisotopic (exact) mass is 402 g/mol. The number of carbonyl (C=O) groups excluding carboxylic acids is 1. The van der Waals surface area contributed by atoms with Crippen LogP contribution in [0.15, 0.2) is 54.6 Å². The Balaban J connectivity index is 1.85. The Kier molecular flexibility index (Phi) is 4.38. The third kappa shape index (κ3) is 3.27. The number of halogens is 1. The molecule has 0 radical (unpaired) electrons.